The molecule has 5 rings (SSSR count). The third kappa shape index (κ3) is 3.76. The number of oxazole rings is 1. The summed E-state index contributed by atoms with van der Waals surface area (Å²) in [6, 6.07) is 19.6. The van der Waals surface area contributed by atoms with E-state index < -0.39 is 10.0 Å². The molecule has 0 saturated carbocycles. The molecule has 5 aromatic rings. The first-order valence-electron chi connectivity index (χ1n) is 10.00. The van der Waals surface area contributed by atoms with Crippen molar-refractivity contribution in [2.45, 2.75) is 18.7 Å². The number of hydrogen-bond acceptors (Lipinski definition) is 5. The molecule has 2 heterocycles. The maximum Gasteiger partial charge on any atom is 0.261 e. The normalized spacial score (nSPS) is 11.7. The molecule has 0 spiro atoms. The van der Waals surface area contributed by atoms with Gasteiger partial charge in [-0.15, -0.1) is 0 Å². The van der Waals surface area contributed by atoms with Crippen molar-refractivity contribution in [1.82, 2.24) is 15.2 Å². The van der Waals surface area contributed by atoms with Crippen molar-refractivity contribution in [2.75, 3.05) is 4.72 Å². The van der Waals surface area contributed by atoms with Crippen molar-refractivity contribution >= 4 is 26.8 Å². The van der Waals surface area contributed by atoms with E-state index in [1.165, 1.54) is 0 Å². The second-order valence-electron chi connectivity index (χ2n) is 7.64. The first-order chi connectivity index (χ1) is 15.4. The van der Waals surface area contributed by atoms with Crippen molar-refractivity contribution < 1.29 is 12.8 Å². The molecule has 0 atom stereocenters. The zero-order chi connectivity index (χ0) is 22.3. The Morgan fingerprint density at radius 2 is 1.62 bits per heavy atom. The molecule has 32 heavy (non-hydrogen) atoms. The van der Waals surface area contributed by atoms with E-state index in [4.69, 9.17) is 4.42 Å². The van der Waals surface area contributed by atoms with Gasteiger partial charge in [0.25, 0.3) is 10.0 Å². The molecule has 0 radical (unpaired) electrons. The highest BCUT2D eigenvalue weighted by Crippen LogP contribution is 2.32. The number of rotatable bonds is 5. The van der Waals surface area contributed by atoms with Crippen LogP contribution in [0.15, 0.2) is 82.2 Å². The molecule has 0 fully saturated rings. The van der Waals surface area contributed by atoms with Gasteiger partial charge in [0.2, 0.25) is 5.89 Å². The van der Waals surface area contributed by atoms with E-state index >= 15 is 0 Å². The minimum absolute atomic E-state index is 0.217. The summed E-state index contributed by atoms with van der Waals surface area (Å²) in [7, 11) is -3.66. The van der Waals surface area contributed by atoms with E-state index in [0.29, 0.717) is 17.2 Å². The lowest BCUT2D eigenvalue weighted by Gasteiger charge is -2.09. The standard InChI is InChI=1S/C24H20N4O3S/c1-15-3-10-19(11-4-15)32(29,30)28-18-8-6-17(7-9-18)23-20(14-25-27-23)24-26-21-13-16(2)5-12-22(21)31-24/h3-14,28H,1-2H3,(H,25,27). The number of nitrogens with zero attached hydrogens (tertiary/aromatic N) is 2. The monoisotopic (exact) mass is 444 g/mol. The molecule has 160 valence electrons. The lowest BCUT2D eigenvalue weighted by molar-refractivity contribution is 0.601. The Hall–Kier alpha value is -3.91. The highest BCUT2D eigenvalue weighted by Gasteiger charge is 2.17. The molecular formula is C24H20N4O3S. The fourth-order valence-corrected chi connectivity index (χ4v) is 4.52. The Morgan fingerprint density at radius 1 is 0.906 bits per heavy atom. The molecule has 0 aliphatic heterocycles. The number of benzene rings is 3. The Bertz CT molecular complexity index is 1520. The van der Waals surface area contributed by atoms with E-state index in [0.717, 1.165) is 33.5 Å². The summed E-state index contributed by atoms with van der Waals surface area (Å²) in [5.74, 6) is 0.471. The molecule has 7 nitrogen and oxygen atoms in total. The summed E-state index contributed by atoms with van der Waals surface area (Å²) in [6.07, 6.45) is 1.67. The SMILES string of the molecule is Cc1ccc(S(=O)(=O)Nc2ccc(-c3[nH]ncc3-c3nc4cc(C)ccc4o3)cc2)cc1. The van der Waals surface area contributed by atoms with Crippen LogP contribution in [0.5, 0.6) is 0 Å². The van der Waals surface area contributed by atoms with Crippen molar-refractivity contribution in [1.29, 1.82) is 0 Å². The van der Waals surface area contributed by atoms with Crippen LogP contribution in [-0.4, -0.2) is 23.6 Å². The Morgan fingerprint density at radius 3 is 2.38 bits per heavy atom. The largest absolute Gasteiger partial charge is 0.436 e. The minimum atomic E-state index is -3.66. The van der Waals surface area contributed by atoms with Gasteiger partial charge in [-0.25, -0.2) is 13.4 Å². The number of H-pyrrole nitrogens is 1. The summed E-state index contributed by atoms with van der Waals surface area (Å²) in [6.45, 7) is 3.92. The number of aromatic amines is 1. The van der Waals surface area contributed by atoms with E-state index in [9.17, 15) is 8.42 Å². The number of aryl methyl sites for hydroxylation is 2. The Balaban J connectivity index is 1.42. The van der Waals surface area contributed by atoms with Gasteiger partial charge in [-0.2, -0.15) is 5.10 Å². The predicted molar refractivity (Wildman–Crippen MR) is 124 cm³/mol. The van der Waals surface area contributed by atoms with Crippen molar-refractivity contribution in [2.24, 2.45) is 0 Å². The predicted octanol–water partition coefficient (Wildman–Crippen LogP) is 5.30. The van der Waals surface area contributed by atoms with Crippen LogP contribution in [-0.2, 0) is 10.0 Å². The highest BCUT2D eigenvalue weighted by molar-refractivity contribution is 7.92. The third-order valence-corrected chi connectivity index (χ3v) is 6.57. The van der Waals surface area contributed by atoms with Gasteiger partial charge in [0, 0.05) is 11.3 Å². The molecule has 0 saturated heterocycles. The zero-order valence-electron chi connectivity index (χ0n) is 17.5. The van der Waals surface area contributed by atoms with Gasteiger partial charge < -0.3 is 4.42 Å². The van der Waals surface area contributed by atoms with Gasteiger partial charge in [-0.05, 0) is 55.8 Å². The summed E-state index contributed by atoms with van der Waals surface area (Å²) >= 11 is 0. The smallest absolute Gasteiger partial charge is 0.261 e. The van der Waals surface area contributed by atoms with Crippen LogP contribution in [0.4, 0.5) is 5.69 Å². The Kier molecular flexibility index (Phi) is 4.79. The summed E-state index contributed by atoms with van der Waals surface area (Å²) in [4.78, 5) is 4.81. The average molecular weight is 445 g/mol. The topological polar surface area (TPSA) is 101 Å². The van der Waals surface area contributed by atoms with Crippen molar-refractivity contribution in [3.63, 3.8) is 0 Å². The number of fused-ring (bicyclic) bond motifs is 1. The number of nitrogens with one attached hydrogen (secondary N) is 2. The molecule has 0 aliphatic carbocycles. The molecular weight excluding hydrogens is 424 g/mol. The second-order valence-corrected chi connectivity index (χ2v) is 9.33. The lowest BCUT2D eigenvalue weighted by atomic mass is 10.1. The van der Waals surface area contributed by atoms with Crippen LogP contribution in [0.25, 0.3) is 33.8 Å². The molecule has 0 bridgehead atoms. The number of aromatic nitrogens is 3. The molecule has 0 amide bonds. The van der Waals surface area contributed by atoms with Crippen LogP contribution in [0.2, 0.25) is 0 Å². The van der Waals surface area contributed by atoms with Crippen LogP contribution in [0.3, 0.4) is 0 Å². The summed E-state index contributed by atoms with van der Waals surface area (Å²) in [5.41, 5.74) is 6.35. The average Bonchev–Trinajstić information content (AvgIpc) is 3.41. The number of anilines is 1. The third-order valence-electron chi connectivity index (χ3n) is 5.17. The van der Waals surface area contributed by atoms with E-state index in [1.54, 1.807) is 42.6 Å². The van der Waals surface area contributed by atoms with E-state index in [1.807, 2.05) is 44.2 Å². The van der Waals surface area contributed by atoms with Gasteiger partial charge in [-0.1, -0.05) is 35.9 Å². The van der Waals surface area contributed by atoms with Crippen molar-refractivity contribution in [3.05, 3.63) is 84.1 Å². The van der Waals surface area contributed by atoms with E-state index in [2.05, 4.69) is 19.9 Å². The highest BCUT2D eigenvalue weighted by atomic mass is 32.2. The zero-order valence-corrected chi connectivity index (χ0v) is 18.3. The molecule has 0 unspecified atom stereocenters. The van der Waals surface area contributed by atoms with Crippen LogP contribution < -0.4 is 4.72 Å². The Labute approximate surface area is 185 Å². The fraction of sp³-hybridized carbons (Fsp3) is 0.0833. The molecule has 2 N–H and O–H groups in total. The van der Waals surface area contributed by atoms with Gasteiger partial charge in [0.05, 0.1) is 22.3 Å². The van der Waals surface area contributed by atoms with Crippen LogP contribution in [0.1, 0.15) is 11.1 Å². The van der Waals surface area contributed by atoms with E-state index in [-0.39, 0.29) is 4.90 Å². The molecule has 0 aliphatic rings. The molecule has 8 heteroatoms. The first kappa shape index (κ1) is 20.0. The maximum absolute atomic E-state index is 12.6. The van der Waals surface area contributed by atoms with Crippen LogP contribution >= 0.6 is 0 Å². The van der Waals surface area contributed by atoms with Gasteiger partial charge in [-0.3, -0.25) is 9.82 Å². The lowest BCUT2D eigenvalue weighted by Crippen LogP contribution is -2.12. The van der Waals surface area contributed by atoms with Crippen LogP contribution in [0, 0.1) is 13.8 Å². The fourth-order valence-electron chi connectivity index (χ4n) is 3.46. The second kappa shape index (κ2) is 7.65. The number of hydrogen-bond donors (Lipinski definition) is 2. The summed E-state index contributed by atoms with van der Waals surface area (Å²) in [5, 5.41) is 7.14. The minimum Gasteiger partial charge on any atom is -0.436 e. The first-order valence-corrected chi connectivity index (χ1v) is 11.5. The summed E-state index contributed by atoms with van der Waals surface area (Å²) < 4.78 is 33.8. The maximum atomic E-state index is 12.6. The van der Waals surface area contributed by atoms with Crippen molar-refractivity contribution in [3.8, 4) is 22.7 Å². The van der Waals surface area contributed by atoms with Gasteiger partial charge in [0.15, 0.2) is 5.58 Å². The quantitative estimate of drug-likeness (QED) is 0.383. The van der Waals surface area contributed by atoms with Gasteiger partial charge >= 0.3 is 0 Å². The molecule has 3 aromatic carbocycles. The number of sulfonamides is 1. The molecule has 2 aromatic heterocycles. The van der Waals surface area contributed by atoms with Gasteiger partial charge in [0.1, 0.15) is 5.52 Å².